The van der Waals surface area contributed by atoms with Crippen LogP contribution in [0.5, 0.6) is 11.5 Å². The van der Waals surface area contributed by atoms with Crippen molar-refractivity contribution < 1.29 is 9.47 Å². The maximum atomic E-state index is 5.49. The van der Waals surface area contributed by atoms with Gasteiger partial charge in [-0.1, -0.05) is 0 Å². The number of rotatable bonds is 5. The van der Waals surface area contributed by atoms with Crippen LogP contribution in [0.15, 0.2) is 17.1 Å². The minimum atomic E-state index is 0. The molecular formula is C21H31IN6O2. The summed E-state index contributed by atoms with van der Waals surface area (Å²) in [6.45, 7) is 6.17. The summed E-state index contributed by atoms with van der Waals surface area (Å²) in [4.78, 5) is 7.19. The number of aromatic nitrogens is 3. The number of aliphatic imine (C=N–C) groups is 1. The molecule has 0 atom stereocenters. The highest BCUT2D eigenvalue weighted by molar-refractivity contribution is 14.0. The molecule has 4 rings (SSSR count). The van der Waals surface area contributed by atoms with E-state index < -0.39 is 0 Å². The van der Waals surface area contributed by atoms with Crippen LogP contribution in [0.25, 0.3) is 0 Å². The van der Waals surface area contributed by atoms with Gasteiger partial charge in [-0.25, -0.2) is 4.99 Å². The van der Waals surface area contributed by atoms with Crippen molar-refractivity contribution in [1.29, 1.82) is 0 Å². The van der Waals surface area contributed by atoms with Gasteiger partial charge in [-0.15, -0.1) is 34.2 Å². The van der Waals surface area contributed by atoms with E-state index in [2.05, 4.69) is 44.0 Å². The van der Waals surface area contributed by atoms with Gasteiger partial charge in [0.25, 0.3) is 0 Å². The van der Waals surface area contributed by atoms with Crippen molar-refractivity contribution in [2.45, 2.75) is 52.2 Å². The number of aryl methyl sites for hydroxylation is 1. The predicted molar refractivity (Wildman–Crippen MR) is 127 cm³/mol. The molecule has 0 bridgehead atoms. The van der Waals surface area contributed by atoms with Gasteiger partial charge in [0.15, 0.2) is 23.3 Å². The molecule has 3 heterocycles. The highest BCUT2D eigenvalue weighted by Crippen LogP contribution is 2.33. The fourth-order valence-corrected chi connectivity index (χ4v) is 4.12. The number of ether oxygens (including phenoxy) is 2. The Morgan fingerprint density at radius 2 is 1.83 bits per heavy atom. The Hall–Kier alpha value is -2.04. The number of nitrogens with zero attached hydrogens (tertiary/aromatic N) is 5. The Morgan fingerprint density at radius 1 is 1.07 bits per heavy atom. The van der Waals surface area contributed by atoms with Crippen LogP contribution >= 0.6 is 24.0 Å². The molecule has 0 unspecified atom stereocenters. The van der Waals surface area contributed by atoms with Crippen LogP contribution in [0.2, 0.25) is 0 Å². The van der Waals surface area contributed by atoms with Gasteiger partial charge in [-0.05, 0) is 49.4 Å². The molecule has 0 radical (unpaired) electrons. The molecule has 0 saturated heterocycles. The van der Waals surface area contributed by atoms with E-state index in [1.54, 1.807) is 14.2 Å². The van der Waals surface area contributed by atoms with E-state index in [1.165, 1.54) is 24.0 Å². The third-order valence-electron chi connectivity index (χ3n) is 5.66. The summed E-state index contributed by atoms with van der Waals surface area (Å²) in [5, 5.41) is 12.2. The molecule has 164 valence electrons. The summed E-state index contributed by atoms with van der Waals surface area (Å²) < 4.78 is 13.2. The first kappa shape index (κ1) is 22.6. The first-order valence-corrected chi connectivity index (χ1v) is 10.4. The van der Waals surface area contributed by atoms with Crippen molar-refractivity contribution in [3.8, 4) is 11.5 Å². The van der Waals surface area contributed by atoms with Crippen molar-refractivity contribution in [3.05, 3.63) is 34.9 Å². The van der Waals surface area contributed by atoms with Gasteiger partial charge in [0.05, 0.1) is 14.2 Å². The van der Waals surface area contributed by atoms with E-state index in [0.717, 1.165) is 68.1 Å². The Balaban J connectivity index is 0.00000256. The number of hydrogen-bond donors (Lipinski definition) is 1. The van der Waals surface area contributed by atoms with Crippen molar-refractivity contribution >= 4 is 29.9 Å². The molecule has 1 aromatic heterocycles. The lowest BCUT2D eigenvalue weighted by Gasteiger charge is -2.32. The standard InChI is InChI=1S/C21H30N6O2.HI/c1-4-22-21(23-13-20-25-24-19-7-5-6-9-27(19)20)26-10-8-15-11-17(28-2)18(29-3)12-16(15)14-26;/h11-12H,4-10,13-14H2,1-3H3,(H,22,23);1H. The fourth-order valence-electron chi connectivity index (χ4n) is 4.12. The van der Waals surface area contributed by atoms with E-state index in [0.29, 0.717) is 6.54 Å². The van der Waals surface area contributed by atoms with E-state index >= 15 is 0 Å². The normalized spacial score (nSPS) is 15.7. The minimum absolute atomic E-state index is 0. The van der Waals surface area contributed by atoms with Crippen LogP contribution in [0.4, 0.5) is 0 Å². The third-order valence-corrected chi connectivity index (χ3v) is 5.66. The summed E-state index contributed by atoms with van der Waals surface area (Å²) in [6, 6.07) is 4.18. The third kappa shape index (κ3) is 4.65. The van der Waals surface area contributed by atoms with E-state index in [9.17, 15) is 0 Å². The molecule has 2 aromatic rings. The Bertz CT molecular complexity index is 898. The summed E-state index contributed by atoms with van der Waals surface area (Å²) in [6.07, 6.45) is 4.35. The second kappa shape index (κ2) is 10.3. The number of guanidine groups is 1. The molecule has 0 spiro atoms. The monoisotopic (exact) mass is 526 g/mol. The van der Waals surface area contributed by atoms with Crippen molar-refractivity contribution in [1.82, 2.24) is 25.0 Å². The van der Waals surface area contributed by atoms with Crippen molar-refractivity contribution in [2.24, 2.45) is 4.99 Å². The molecule has 0 saturated carbocycles. The van der Waals surface area contributed by atoms with Gasteiger partial charge in [0, 0.05) is 32.6 Å². The second-order valence-corrected chi connectivity index (χ2v) is 7.46. The van der Waals surface area contributed by atoms with Gasteiger partial charge in [-0.2, -0.15) is 0 Å². The highest BCUT2D eigenvalue weighted by atomic mass is 127. The molecule has 1 aromatic carbocycles. The number of benzene rings is 1. The smallest absolute Gasteiger partial charge is 0.194 e. The summed E-state index contributed by atoms with van der Waals surface area (Å²) in [5.74, 6) is 4.53. The van der Waals surface area contributed by atoms with E-state index in [4.69, 9.17) is 14.5 Å². The lowest BCUT2D eigenvalue weighted by molar-refractivity contribution is 0.346. The molecule has 0 aliphatic carbocycles. The van der Waals surface area contributed by atoms with Gasteiger partial charge >= 0.3 is 0 Å². The lowest BCUT2D eigenvalue weighted by atomic mass is 9.99. The van der Waals surface area contributed by atoms with E-state index in [1.807, 2.05) is 0 Å². The number of fused-ring (bicyclic) bond motifs is 2. The van der Waals surface area contributed by atoms with Crippen molar-refractivity contribution in [2.75, 3.05) is 27.3 Å². The second-order valence-electron chi connectivity index (χ2n) is 7.46. The number of methoxy groups -OCH3 is 2. The summed E-state index contributed by atoms with van der Waals surface area (Å²) >= 11 is 0. The van der Waals surface area contributed by atoms with Crippen LogP contribution in [0, 0.1) is 0 Å². The zero-order valence-electron chi connectivity index (χ0n) is 18.0. The number of hydrogen-bond acceptors (Lipinski definition) is 5. The fraction of sp³-hybridized carbons (Fsp3) is 0.571. The van der Waals surface area contributed by atoms with Crippen molar-refractivity contribution in [3.63, 3.8) is 0 Å². The molecule has 1 N–H and O–H groups in total. The maximum Gasteiger partial charge on any atom is 0.194 e. The Morgan fingerprint density at radius 3 is 2.57 bits per heavy atom. The maximum absolute atomic E-state index is 5.49. The van der Waals surface area contributed by atoms with Crippen LogP contribution in [-0.2, 0) is 32.5 Å². The molecule has 8 nitrogen and oxygen atoms in total. The average Bonchev–Trinajstić information content (AvgIpc) is 3.18. The zero-order valence-corrected chi connectivity index (χ0v) is 20.3. The minimum Gasteiger partial charge on any atom is -0.493 e. The topological polar surface area (TPSA) is 76.8 Å². The molecule has 2 aliphatic rings. The zero-order chi connectivity index (χ0) is 20.2. The quantitative estimate of drug-likeness (QED) is 0.367. The molecule has 30 heavy (non-hydrogen) atoms. The summed E-state index contributed by atoms with van der Waals surface area (Å²) in [7, 11) is 3.36. The van der Waals surface area contributed by atoms with Crippen LogP contribution < -0.4 is 14.8 Å². The van der Waals surface area contributed by atoms with Crippen LogP contribution in [-0.4, -0.2) is 52.9 Å². The highest BCUT2D eigenvalue weighted by Gasteiger charge is 2.22. The number of halogens is 1. The van der Waals surface area contributed by atoms with Crippen LogP contribution in [0.3, 0.4) is 0 Å². The lowest BCUT2D eigenvalue weighted by Crippen LogP contribution is -2.44. The van der Waals surface area contributed by atoms with Gasteiger partial charge in [-0.3, -0.25) is 0 Å². The Kier molecular flexibility index (Phi) is 7.79. The molecule has 0 fully saturated rings. The predicted octanol–water partition coefficient (Wildman–Crippen LogP) is 2.77. The van der Waals surface area contributed by atoms with Gasteiger partial charge < -0.3 is 24.3 Å². The van der Waals surface area contributed by atoms with Gasteiger partial charge in [0.2, 0.25) is 0 Å². The first-order valence-electron chi connectivity index (χ1n) is 10.4. The Labute approximate surface area is 195 Å². The number of nitrogens with one attached hydrogen (secondary N) is 1. The average molecular weight is 526 g/mol. The first-order chi connectivity index (χ1) is 14.2. The SMILES string of the molecule is CCNC(=NCc1nnc2n1CCCC2)N1CCc2cc(OC)c(OC)cc2C1.I. The molecule has 9 heteroatoms. The molecule has 2 aliphatic heterocycles. The molecular weight excluding hydrogens is 495 g/mol. The largest absolute Gasteiger partial charge is 0.493 e. The molecule has 0 amide bonds. The van der Waals surface area contributed by atoms with E-state index in [-0.39, 0.29) is 24.0 Å². The van der Waals surface area contributed by atoms with Gasteiger partial charge in [0.1, 0.15) is 12.4 Å². The summed E-state index contributed by atoms with van der Waals surface area (Å²) in [5.41, 5.74) is 2.56. The van der Waals surface area contributed by atoms with Crippen LogP contribution in [0.1, 0.15) is 42.5 Å².